The van der Waals surface area contributed by atoms with Crippen LogP contribution in [-0.2, 0) is 6.42 Å². The van der Waals surface area contributed by atoms with Gasteiger partial charge in [-0.15, -0.1) is 11.3 Å². The minimum absolute atomic E-state index is 0.179. The topological polar surface area (TPSA) is 46.0 Å². The summed E-state index contributed by atoms with van der Waals surface area (Å²) < 4.78 is 14.0. The number of thiophene rings is 1. The smallest absolute Gasteiger partial charge is 0.131 e. The fourth-order valence-corrected chi connectivity index (χ4v) is 3.34. The van der Waals surface area contributed by atoms with E-state index in [0.29, 0.717) is 5.56 Å². The van der Waals surface area contributed by atoms with Crippen LogP contribution in [0.2, 0.25) is 0 Å². The number of unbranched alkanes of at least 4 members (excludes halogenated alkanes) is 1. The van der Waals surface area contributed by atoms with Crippen molar-refractivity contribution in [3.05, 3.63) is 47.5 Å². The van der Waals surface area contributed by atoms with Gasteiger partial charge in [0.2, 0.25) is 0 Å². The first kappa shape index (κ1) is 14.1. The van der Waals surface area contributed by atoms with Crippen molar-refractivity contribution >= 4 is 21.6 Å². The Bertz CT molecular complexity index is 757. The van der Waals surface area contributed by atoms with E-state index < -0.39 is 0 Å². The Kier molecular flexibility index (Phi) is 4.22. The van der Waals surface area contributed by atoms with Gasteiger partial charge >= 0.3 is 0 Å². The van der Waals surface area contributed by atoms with Gasteiger partial charge in [-0.1, -0.05) is 18.2 Å². The average Bonchev–Trinajstić information content (AvgIpc) is 2.93. The molecule has 5 heteroatoms. The average molecular weight is 302 g/mol. The maximum atomic E-state index is 14.0. The third-order valence-electron chi connectivity index (χ3n) is 3.43. The SMILES string of the molecule is OCCCCc1ncnc2scc(-c3ccccc3F)c12. The molecule has 0 aliphatic heterocycles. The summed E-state index contributed by atoms with van der Waals surface area (Å²) in [6, 6.07) is 6.76. The lowest BCUT2D eigenvalue weighted by molar-refractivity contribution is 0.284. The predicted octanol–water partition coefficient (Wildman–Crippen LogP) is 3.81. The molecule has 1 N–H and O–H groups in total. The van der Waals surface area contributed by atoms with Crippen LogP contribution in [0.1, 0.15) is 18.5 Å². The summed E-state index contributed by atoms with van der Waals surface area (Å²) in [4.78, 5) is 9.52. The number of aromatic nitrogens is 2. The quantitative estimate of drug-likeness (QED) is 0.729. The Morgan fingerprint density at radius 2 is 1.95 bits per heavy atom. The van der Waals surface area contributed by atoms with Crippen molar-refractivity contribution in [1.29, 1.82) is 0 Å². The lowest BCUT2D eigenvalue weighted by Gasteiger charge is -2.06. The van der Waals surface area contributed by atoms with Crippen molar-refractivity contribution in [2.75, 3.05) is 6.61 Å². The molecule has 0 unspecified atom stereocenters. The largest absolute Gasteiger partial charge is 0.396 e. The molecule has 2 aromatic heterocycles. The van der Waals surface area contributed by atoms with Crippen LogP contribution >= 0.6 is 11.3 Å². The van der Waals surface area contributed by atoms with Crippen molar-refractivity contribution in [3.8, 4) is 11.1 Å². The molecule has 3 nitrogen and oxygen atoms in total. The van der Waals surface area contributed by atoms with Crippen molar-refractivity contribution in [3.63, 3.8) is 0 Å². The Morgan fingerprint density at radius 3 is 2.76 bits per heavy atom. The van der Waals surface area contributed by atoms with Gasteiger partial charge in [0.1, 0.15) is 17.0 Å². The van der Waals surface area contributed by atoms with E-state index in [0.717, 1.165) is 40.7 Å². The second-order valence-electron chi connectivity index (χ2n) is 4.81. The molecule has 0 aliphatic rings. The maximum Gasteiger partial charge on any atom is 0.131 e. The first-order valence-corrected chi connectivity index (χ1v) is 7.76. The molecule has 3 rings (SSSR count). The van der Waals surface area contributed by atoms with Crippen LogP contribution in [0.15, 0.2) is 36.0 Å². The second-order valence-corrected chi connectivity index (χ2v) is 5.67. The molecular weight excluding hydrogens is 287 g/mol. The molecule has 0 fully saturated rings. The number of aliphatic hydroxyl groups excluding tert-OH is 1. The van der Waals surface area contributed by atoms with E-state index in [1.165, 1.54) is 17.4 Å². The van der Waals surface area contributed by atoms with Crippen LogP contribution in [0.25, 0.3) is 21.3 Å². The minimum Gasteiger partial charge on any atom is -0.396 e. The van der Waals surface area contributed by atoms with Gasteiger partial charge in [-0.3, -0.25) is 0 Å². The monoisotopic (exact) mass is 302 g/mol. The molecule has 3 aromatic rings. The molecule has 0 saturated carbocycles. The Hall–Kier alpha value is -1.85. The fraction of sp³-hybridized carbons (Fsp3) is 0.250. The van der Waals surface area contributed by atoms with Crippen LogP contribution in [0.5, 0.6) is 0 Å². The highest BCUT2D eigenvalue weighted by molar-refractivity contribution is 7.17. The van der Waals surface area contributed by atoms with Crippen molar-refractivity contribution in [1.82, 2.24) is 9.97 Å². The zero-order chi connectivity index (χ0) is 14.7. The van der Waals surface area contributed by atoms with Crippen LogP contribution in [0.3, 0.4) is 0 Å². The lowest BCUT2D eigenvalue weighted by atomic mass is 10.0. The van der Waals surface area contributed by atoms with E-state index in [4.69, 9.17) is 5.11 Å². The van der Waals surface area contributed by atoms with Crippen LogP contribution in [0.4, 0.5) is 4.39 Å². The van der Waals surface area contributed by atoms with Gasteiger partial charge in [-0.25, -0.2) is 14.4 Å². The molecule has 0 saturated heterocycles. The van der Waals surface area contributed by atoms with E-state index >= 15 is 0 Å². The van der Waals surface area contributed by atoms with Gasteiger partial charge in [0, 0.05) is 28.5 Å². The van der Waals surface area contributed by atoms with Gasteiger partial charge in [0.15, 0.2) is 0 Å². The van der Waals surface area contributed by atoms with E-state index in [9.17, 15) is 4.39 Å². The lowest BCUT2D eigenvalue weighted by Crippen LogP contribution is -1.95. The molecule has 0 radical (unpaired) electrons. The summed E-state index contributed by atoms with van der Waals surface area (Å²) in [5.74, 6) is -0.234. The molecule has 1 aromatic carbocycles. The standard InChI is InChI=1S/C16H15FN2OS/c17-13-6-2-1-5-11(13)12-9-21-16-15(12)14(18-10-19-16)7-3-4-8-20/h1-2,5-6,9-10,20H,3-4,7-8H2. The van der Waals surface area contributed by atoms with Crippen molar-refractivity contribution in [2.24, 2.45) is 0 Å². The highest BCUT2D eigenvalue weighted by Gasteiger charge is 2.15. The summed E-state index contributed by atoms with van der Waals surface area (Å²) in [5, 5.41) is 11.8. The summed E-state index contributed by atoms with van der Waals surface area (Å²) in [5.41, 5.74) is 2.36. The molecule has 0 amide bonds. The predicted molar refractivity (Wildman–Crippen MR) is 82.8 cm³/mol. The number of aryl methyl sites for hydroxylation is 1. The third kappa shape index (κ3) is 2.80. The zero-order valence-electron chi connectivity index (χ0n) is 11.4. The summed E-state index contributed by atoms with van der Waals surface area (Å²) in [6.45, 7) is 0.179. The highest BCUT2D eigenvalue weighted by atomic mass is 32.1. The summed E-state index contributed by atoms with van der Waals surface area (Å²) in [7, 11) is 0. The molecule has 0 bridgehead atoms. The normalized spacial score (nSPS) is 11.1. The number of benzene rings is 1. The summed E-state index contributed by atoms with van der Waals surface area (Å²) in [6.07, 6.45) is 3.91. The van der Waals surface area contributed by atoms with E-state index in [1.807, 2.05) is 11.4 Å². The van der Waals surface area contributed by atoms with E-state index in [1.54, 1.807) is 18.5 Å². The van der Waals surface area contributed by atoms with Gasteiger partial charge in [-0.2, -0.15) is 0 Å². The number of halogens is 1. The van der Waals surface area contributed by atoms with E-state index in [-0.39, 0.29) is 12.4 Å². The minimum atomic E-state index is -0.234. The van der Waals surface area contributed by atoms with Gasteiger partial charge in [0.05, 0.1) is 5.69 Å². The highest BCUT2D eigenvalue weighted by Crippen LogP contribution is 2.35. The van der Waals surface area contributed by atoms with Crippen LogP contribution in [0, 0.1) is 5.82 Å². The molecule has 21 heavy (non-hydrogen) atoms. The Balaban J connectivity index is 2.09. The third-order valence-corrected chi connectivity index (χ3v) is 4.32. The molecule has 0 aliphatic carbocycles. The van der Waals surface area contributed by atoms with Crippen molar-refractivity contribution in [2.45, 2.75) is 19.3 Å². The molecule has 0 atom stereocenters. The molecular formula is C16H15FN2OS. The first-order chi connectivity index (χ1) is 10.3. The molecule has 2 heterocycles. The number of nitrogens with zero attached hydrogens (tertiary/aromatic N) is 2. The van der Waals surface area contributed by atoms with Crippen LogP contribution < -0.4 is 0 Å². The Labute approximate surface area is 126 Å². The Morgan fingerprint density at radius 1 is 1.10 bits per heavy atom. The summed E-state index contributed by atoms with van der Waals surface area (Å²) >= 11 is 1.50. The maximum absolute atomic E-state index is 14.0. The first-order valence-electron chi connectivity index (χ1n) is 6.88. The van der Waals surface area contributed by atoms with Crippen LogP contribution in [-0.4, -0.2) is 21.7 Å². The number of aliphatic hydroxyl groups is 1. The fourth-order valence-electron chi connectivity index (χ4n) is 2.41. The zero-order valence-corrected chi connectivity index (χ0v) is 12.2. The van der Waals surface area contributed by atoms with Gasteiger partial charge in [0.25, 0.3) is 0 Å². The number of hydrogen-bond acceptors (Lipinski definition) is 4. The number of fused-ring (bicyclic) bond motifs is 1. The van der Waals surface area contributed by atoms with Gasteiger partial charge in [-0.05, 0) is 25.3 Å². The number of rotatable bonds is 5. The van der Waals surface area contributed by atoms with E-state index in [2.05, 4.69) is 9.97 Å². The van der Waals surface area contributed by atoms with Crippen molar-refractivity contribution < 1.29 is 9.50 Å². The molecule has 108 valence electrons. The second kappa shape index (κ2) is 6.28. The van der Waals surface area contributed by atoms with Gasteiger partial charge < -0.3 is 5.11 Å². The number of hydrogen-bond donors (Lipinski definition) is 1. The molecule has 0 spiro atoms.